The summed E-state index contributed by atoms with van der Waals surface area (Å²) in [6, 6.07) is 14.7. The highest BCUT2D eigenvalue weighted by atomic mass is 16.7. The van der Waals surface area contributed by atoms with E-state index >= 15 is 0 Å². The van der Waals surface area contributed by atoms with Gasteiger partial charge in [0, 0.05) is 12.7 Å². The summed E-state index contributed by atoms with van der Waals surface area (Å²) in [5.74, 6) is 1.34. The maximum atomic E-state index is 10.6. The summed E-state index contributed by atoms with van der Waals surface area (Å²) < 4.78 is 15.8. The molecule has 0 spiro atoms. The van der Waals surface area contributed by atoms with Crippen molar-refractivity contribution in [3.8, 4) is 11.5 Å². The van der Waals surface area contributed by atoms with Gasteiger partial charge < -0.3 is 19.3 Å². The Bertz CT molecular complexity index is 592. The molecule has 2 rings (SSSR count). The van der Waals surface area contributed by atoms with Crippen LogP contribution in [0.25, 0.3) is 0 Å². The topological polar surface area (TPSA) is 47.9 Å². The normalized spacial score (nSPS) is 11.7. The van der Waals surface area contributed by atoms with Crippen LogP contribution in [0.5, 0.6) is 11.5 Å². The van der Waals surface area contributed by atoms with Crippen molar-refractivity contribution >= 4 is 0 Å². The molecular formula is C18H20O4. The van der Waals surface area contributed by atoms with Gasteiger partial charge in [0.2, 0.25) is 0 Å². The van der Waals surface area contributed by atoms with Gasteiger partial charge in [0.15, 0.2) is 6.79 Å². The number of rotatable bonds is 8. The second kappa shape index (κ2) is 8.22. The van der Waals surface area contributed by atoms with Gasteiger partial charge in [-0.3, -0.25) is 0 Å². The summed E-state index contributed by atoms with van der Waals surface area (Å²) >= 11 is 0. The van der Waals surface area contributed by atoms with Gasteiger partial charge in [-0.05, 0) is 23.8 Å². The van der Waals surface area contributed by atoms with Gasteiger partial charge in [0.1, 0.15) is 24.2 Å². The van der Waals surface area contributed by atoms with Crippen molar-refractivity contribution in [2.24, 2.45) is 0 Å². The molecule has 2 aromatic carbocycles. The van der Waals surface area contributed by atoms with Crippen molar-refractivity contribution in [2.75, 3.05) is 20.5 Å². The van der Waals surface area contributed by atoms with Gasteiger partial charge >= 0.3 is 0 Å². The molecule has 1 N–H and O–H groups in total. The van der Waals surface area contributed by atoms with E-state index in [4.69, 9.17) is 14.2 Å². The highest BCUT2D eigenvalue weighted by Gasteiger charge is 2.15. The minimum absolute atomic E-state index is 0.137. The Kier molecular flexibility index (Phi) is 6.01. The van der Waals surface area contributed by atoms with Gasteiger partial charge in [0.25, 0.3) is 0 Å². The standard InChI is InChI=1S/C18H20O4/c1-3-12-21-15-10-8-14(9-11-15)18(19)16-6-4-5-7-17(16)22-13-20-2/h3-11,18-19H,1,12-13H2,2H3. The molecule has 0 aliphatic heterocycles. The van der Waals surface area contributed by atoms with Crippen LogP contribution in [-0.4, -0.2) is 25.6 Å². The van der Waals surface area contributed by atoms with E-state index in [-0.39, 0.29) is 6.79 Å². The van der Waals surface area contributed by atoms with E-state index in [2.05, 4.69) is 6.58 Å². The zero-order valence-corrected chi connectivity index (χ0v) is 12.6. The second-order valence-corrected chi connectivity index (χ2v) is 4.66. The Morgan fingerprint density at radius 3 is 2.50 bits per heavy atom. The summed E-state index contributed by atoms with van der Waals surface area (Å²) in [5.41, 5.74) is 1.46. The van der Waals surface area contributed by atoms with E-state index in [1.165, 1.54) is 0 Å². The summed E-state index contributed by atoms with van der Waals surface area (Å²) in [7, 11) is 1.56. The molecule has 4 heteroatoms. The lowest BCUT2D eigenvalue weighted by atomic mass is 10.0. The van der Waals surface area contributed by atoms with Crippen molar-refractivity contribution in [1.29, 1.82) is 0 Å². The van der Waals surface area contributed by atoms with Crippen molar-refractivity contribution < 1.29 is 19.3 Å². The van der Waals surface area contributed by atoms with Crippen molar-refractivity contribution in [3.63, 3.8) is 0 Å². The first-order valence-electron chi connectivity index (χ1n) is 6.98. The van der Waals surface area contributed by atoms with Crippen LogP contribution < -0.4 is 9.47 Å². The zero-order chi connectivity index (χ0) is 15.8. The average molecular weight is 300 g/mol. The number of hydrogen-bond donors (Lipinski definition) is 1. The Hall–Kier alpha value is -2.30. The fourth-order valence-corrected chi connectivity index (χ4v) is 2.04. The highest BCUT2D eigenvalue weighted by molar-refractivity contribution is 5.41. The zero-order valence-electron chi connectivity index (χ0n) is 12.6. The minimum atomic E-state index is -0.776. The van der Waals surface area contributed by atoms with Crippen LogP contribution in [-0.2, 0) is 4.74 Å². The molecule has 0 bridgehead atoms. The first-order chi connectivity index (χ1) is 10.8. The lowest BCUT2D eigenvalue weighted by molar-refractivity contribution is 0.0488. The van der Waals surface area contributed by atoms with Crippen LogP contribution in [0.4, 0.5) is 0 Å². The molecule has 4 nitrogen and oxygen atoms in total. The second-order valence-electron chi connectivity index (χ2n) is 4.66. The predicted octanol–water partition coefficient (Wildman–Crippen LogP) is 3.32. The third-order valence-corrected chi connectivity index (χ3v) is 3.11. The van der Waals surface area contributed by atoms with E-state index in [1.807, 2.05) is 42.5 Å². The molecule has 0 aliphatic rings. The summed E-state index contributed by atoms with van der Waals surface area (Å²) in [6.45, 7) is 4.20. The molecule has 0 amide bonds. The van der Waals surface area contributed by atoms with Gasteiger partial charge in [-0.15, -0.1) is 0 Å². The van der Waals surface area contributed by atoms with Crippen LogP contribution in [0, 0.1) is 0 Å². The molecule has 0 fully saturated rings. The quantitative estimate of drug-likeness (QED) is 0.600. The molecule has 1 unspecified atom stereocenters. The van der Waals surface area contributed by atoms with E-state index in [1.54, 1.807) is 19.3 Å². The molecule has 0 saturated heterocycles. The largest absolute Gasteiger partial charge is 0.490 e. The third-order valence-electron chi connectivity index (χ3n) is 3.11. The average Bonchev–Trinajstić information content (AvgIpc) is 2.58. The number of methoxy groups -OCH3 is 1. The number of aliphatic hydroxyl groups excluding tert-OH is 1. The molecule has 22 heavy (non-hydrogen) atoms. The van der Waals surface area contributed by atoms with Crippen LogP contribution in [0.2, 0.25) is 0 Å². The number of hydrogen-bond acceptors (Lipinski definition) is 4. The van der Waals surface area contributed by atoms with Gasteiger partial charge in [-0.25, -0.2) is 0 Å². The number of aliphatic hydroxyl groups is 1. The van der Waals surface area contributed by atoms with Crippen molar-refractivity contribution in [1.82, 2.24) is 0 Å². The smallest absolute Gasteiger partial charge is 0.188 e. The highest BCUT2D eigenvalue weighted by Crippen LogP contribution is 2.30. The Labute approximate surface area is 130 Å². The van der Waals surface area contributed by atoms with E-state index in [9.17, 15) is 5.11 Å². The number of benzene rings is 2. The van der Waals surface area contributed by atoms with E-state index < -0.39 is 6.10 Å². The van der Waals surface area contributed by atoms with Gasteiger partial charge in [-0.2, -0.15) is 0 Å². The van der Waals surface area contributed by atoms with E-state index in [0.29, 0.717) is 17.9 Å². The monoisotopic (exact) mass is 300 g/mol. The fraction of sp³-hybridized carbons (Fsp3) is 0.222. The summed E-state index contributed by atoms with van der Waals surface area (Å²) in [6.07, 6.45) is 0.910. The molecule has 0 radical (unpaired) electrons. The molecule has 0 heterocycles. The maximum absolute atomic E-state index is 10.6. The molecular weight excluding hydrogens is 280 g/mol. The van der Waals surface area contributed by atoms with Crippen LogP contribution in [0.3, 0.4) is 0 Å². The molecule has 0 aliphatic carbocycles. The summed E-state index contributed by atoms with van der Waals surface area (Å²) in [4.78, 5) is 0. The van der Waals surface area contributed by atoms with Crippen LogP contribution in [0.15, 0.2) is 61.2 Å². The van der Waals surface area contributed by atoms with Gasteiger partial charge in [0.05, 0.1) is 0 Å². The first-order valence-corrected chi connectivity index (χ1v) is 6.98. The lowest BCUT2D eigenvalue weighted by Crippen LogP contribution is -2.06. The van der Waals surface area contributed by atoms with Crippen molar-refractivity contribution in [2.45, 2.75) is 6.10 Å². The van der Waals surface area contributed by atoms with Crippen molar-refractivity contribution in [3.05, 3.63) is 72.3 Å². The fourth-order valence-electron chi connectivity index (χ4n) is 2.04. The Morgan fingerprint density at radius 2 is 1.82 bits per heavy atom. The lowest BCUT2D eigenvalue weighted by Gasteiger charge is -2.16. The minimum Gasteiger partial charge on any atom is -0.490 e. The third kappa shape index (κ3) is 4.10. The molecule has 0 aromatic heterocycles. The maximum Gasteiger partial charge on any atom is 0.188 e. The molecule has 0 saturated carbocycles. The molecule has 2 aromatic rings. The molecule has 1 atom stereocenters. The Morgan fingerprint density at radius 1 is 1.09 bits per heavy atom. The van der Waals surface area contributed by atoms with Gasteiger partial charge in [-0.1, -0.05) is 43.0 Å². The first kappa shape index (κ1) is 16.1. The van der Waals surface area contributed by atoms with Crippen LogP contribution >= 0.6 is 0 Å². The number of ether oxygens (including phenoxy) is 3. The molecule has 116 valence electrons. The SMILES string of the molecule is C=CCOc1ccc(C(O)c2ccccc2OCOC)cc1. The van der Waals surface area contributed by atoms with Crippen LogP contribution in [0.1, 0.15) is 17.2 Å². The Balaban J connectivity index is 2.16. The number of para-hydroxylation sites is 1. The van der Waals surface area contributed by atoms with E-state index in [0.717, 1.165) is 11.3 Å². The predicted molar refractivity (Wildman–Crippen MR) is 85.1 cm³/mol. The summed E-state index contributed by atoms with van der Waals surface area (Å²) in [5, 5.41) is 10.6.